The van der Waals surface area contributed by atoms with Gasteiger partial charge in [-0.05, 0) is 31.0 Å². The van der Waals surface area contributed by atoms with Crippen molar-refractivity contribution < 1.29 is 18.3 Å². The van der Waals surface area contributed by atoms with Gasteiger partial charge < -0.3 is 15.7 Å². The predicted octanol–water partition coefficient (Wildman–Crippen LogP) is 5.86. The quantitative estimate of drug-likeness (QED) is 0.514. The Kier molecular flexibility index (Phi) is 6.52. The van der Waals surface area contributed by atoms with E-state index in [0.29, 0.717) is 16.9 Å². The first-order valence-corrected chi connectivity index (χ1v) is 9.60. The molecular formula is C18H19Cl2F3N4O. The molecule has 0 radical (unpaired) electrons. The average molecular weight is 435 g/mol. The molecule has 3 N–H and O–H groups in total. The Morgan fingerprint density at radius 2 is 1.82 bits per heavy atom. The Morgan fingerprint density at radius 1 is 1.11 bits per heavy atom. The van der Waals surface area contributed by atoms with E-state index >= 15 is 0 Å². The monoisotopic (exact) mass is 434 g/mol. The molecule has 1 aromatic heterocycles. The van der Waals surface area contributed by atoms with Gasteiger partial charge in [0.25, 0.3) is 0 Å². The molecule has 28 heavy (non-hydrogen) atoms. The maximum absolute atomic E-state index is 13.3. The molecule has 1 atom stereocenters. The molecule has 0 bridgehead atoms. The summed E-state index contributed by atoms with van der Waals surface area (Å²) in [5, 5.41) is 16.3. The largest absolute Gasteiger partial charge is 0.421 e. The summed E-state index contributed by atoms with van der Waals surface area (Å²) < 4.78 is 40.0. The van der Waals surface area contributed by atoms with E-state index in [1.165, 1.54) is 6.07 Å². The fourth-order valence-corrected chi connectivity index (χ4v) is 3.47. The number of aliphatic hydroxyl groups is 1. The van der Waals surface area contributed by atoms with Crippen molar-refractivity contribution in [3.8, 4) is 0 Å². The summed E-state index contributed by atoms with van der Waals surface area (Å²) in [6, 6.07) is 4.65. The van der Waals surface area contributed by atoms with Crippen LogP contribution in [0.1, 0.15) is 37.7 Å². The van der Waals surface area contributed by atoms with Crippen LogP contribution >= 0.6 is 23.2 Å². The molecule has 1 aliphatic rings. The molecule has 5 nitrogen and oxygen atoms in total. The van der Waals surface area contributed by atoms with E-state index < -0.39 is 23.8 Å². The molecule has 2 aromatic rings. The highest BCUT2D eigenvalue weighted by atomic mass is 35.5. The fourth-order valence-electron chi connectivity index (χ4n) is 3.17. The number of aliphatic hydroxyl groups excluding tert-OH is 1. The number of halogens is 5. The minimum Gasteiger partial charge on any atom is -0.373 e. The molecule has 3 rings (SSSR count). The average Bonchev–Trinajstić information content (AvgIpc) is 2.65. The van der Waals surface area contributed by atoms with Crippen LogP contribution in [-0.2, 0) is 6.18 Å². The van der Waals surface area contributed by atoms with Crippen molar-refractivity contribution in [1.29, 1.82) is 0 Å². The standard InChI is InChI=1S/C18H19Cl2F3N4O/c19-13-7-6-11(8-14(13)20)25-17-24-9-12(18(21,22)23)15(27-17)26-16(28)10-4-2-1-3-5-10/h6-10,16,28H,1-5H2,(H2,24,25,26,27). The SMILES string of the molecule is OC(Nc1nc(Nc2ccc(Cl)c(Cl)c2)ncc1C(F)(F)F)C1CCCCC1. The number of hydrogen-bond donors (Lipinski definition) is 3. The summed E-state index contributed by atoms with van der Waals surface area (Å²) in [6.07, 6.45) is -0.604. The molecule has 1 aliphatic carbocycles. The molecule has 0 aliphatic heterocycles. The molecule has 1 unspecified atom stereocenters. The van der Waals surface area contributed by atoms with Crippen LogP contribution in [0, 0.1) is 5.92 Å². The first-order valence-electron chi connectivity index (χ1n) is 8.85. The second-order valence-corrected chi connectivity index (χ2v) is 7.51. The van der Waals surface area contributed by atoms with Crippen LogP contribution in [0.3, 0.4) is 0 Å². The molecular weight excluding hydrogens is 416 g/mol. The third kappa shape index (κ3) is 5.18. The fraction of sp³-hybridized carbons (Fsp3) is 0.444. The smallest absolute Gasteiger partial charge is 0.373 e. The van der Waals surface area contributed by atoms with E-state index in [2.05, 4.69) is 20.6 Å². The van der Waals surface area contributed by atoms with Crippen molar-refractivity contribution >= 4 is 40.7 Å². The number of aromatic nitrogens is 2. The summed E-state index contributed by atoms with van der Waals surface area (Å²) in [6.45, 7) is 0. The second-order valence-electron chi connectivity index (χ2n) is 6.69. The lowest BCUT2D eigenvalue weighted by Crippen LogP contribution is -2.32. The first-order chi connectivity index (χ1) is 13.2. The lowest BCUT2D eigenvalue weighted by molar-refractivity contribution is -0.137. The third-order valence-electron chi connectivity index (χ3n) is 4.65. The highest BCUT2D eigenvalue weighted by molar-refractivity contribution is 6.42. The summed E-state index contributed by atoms with van der Waals surface area (Å²) in [4.78, 5) is 7.67. The zero-order valence-corrected chi connectivity index (χ0v) is 16.2. The number of rotatable bonds is 5. The molecule has 1 heterocycles. The number of anilines is 3. The number of alkyl halides is 3. The Morgan fingerprint density at radius 3 is 2.46 bits per heavy atom. The molecule has 0 spiro atoms. The molecule has 1 saturated carbocycles. The van der Waals surface area contributed by atoms with E-state index in [9.17, 15) is 18.3 Å². The lowest BCUT2D eigenvalue weighted by Gasteiger charge is -2.28. The maximum atomic E-state index is 13.3. The van der Waals surface area contributed by atoms with Crippen LogP contribution in [0.25, 0.3) is 0 Å². The third-order valence-corrected chi connectivity index (χ3v) is 5.39. The van der Waals surface area contributed by atoms with Crippen LogP contribution < -0.4 is 10.6 Å². The first kappa shape index (κ1) is 21.0. The van der Waals surface area contributed by atoms with Crippen molar-refractivity contribution in [3.05, 3.63) is 40.0 Å². The van der Waals surface area contributed by atoms with Crippen LogP contribution in [0.5, 0.6) is 0 Å². The number of benzene rings is 1. The Hall–Kier alpha value is -1.77. The summed E-state index contributed by atoms with van der Waals surface area (Å²) >= 11 is 11.8. The topological polar surface area (TPSA) is 70.1 Å². The summed E-state index contributed by atoms with van der Waals surface area (Å²) in [5.41, 5.74) is -0.574. The van der Waals surface area contributed by atoms with Gasteiger partial charge in [-0.25, -0.2) is 4.98 Å². The van der Waals surface area contributed by atoms with Gasteiger partial charge in [0.15, 0.2) is 0 Å². The van der Waals surface area contributed by atoms with Crippen molar-refractivity contribution in [2.75, 3.05) is 10.6 Å². The van der Waals surface area contributed by atoms with Gasteiger partial charge in [0.2, 0.25) is 5.95 Å². The lowest BCUT2D eigenvalue weighted by atomic mass is 9.88. The molecule has 0 saturated heterocycles. The van der Waals surface area contributed by atoms with Crippen molar-refractivity contribution in [1.82, 2.24) is 9.97 Å². The Labute approximate surface area is 170 Å². The summed E-state index contributed by atoms with van der Waals surface area (Å²) in [5.74, 6) is -0.649. The van der Waals surface area contributed by atoms with Crippen LogP contribution in [0.15, 0.2) is 24.4 Å². The Bertz CT molecular complexity index is 829. The van der Waals surface area contributed by atoms with Gasteiger partial charge in [-0.15, -0.1) is 0 Å². The molecule has 1 fully saturated rings. The van der Waals surface area contributed by atoms with Crippen molar-refractivity contribution in [2.24, 2.45) is 5.92 Å². The van der Waals surface area contributed by atoms with Gasteiger partial charge in [-0.1, -0.05) is 42.5 Å². The van der Waals surface area contributed by atoms with Gasteiger partial charge >= 0.3 is 6.18 Å². The minimum absolute atomic E-state index is 0.0651. The van der Waals surface area contributed by atoms with Gasteiger partial charge in [-0.3, -0.25) is 0 Å². The van der Waals surface area contributed by atoms with E-state index in [-0.39, 0.29) is 16.9 Å². The molecule has 152 valence electrons. The maximum Gasteiger partial charge on any atom is 0.421 e. The molecule has 1 aromatic carbocycles. The van der Waals surface area contributed by atoms with Gasteiger partial charge in [0.05, 0.1) is 10.0 Å². The molecule has 0 amide bonds. The number of nitrogens with zero attached hydrogens (tertiary/aromatic N) is 2. The second kappa shape index (κ2) is 8.71. The molecule has 10 heteroatoms. The highest BCUT2D eigenvalue weighted by Crippen LogP contribution is 2.36. The van der Waals surface area contributed by atoms with E-state index in [1.807, 2.05) is 0 Å². The Balaban J connectivity index is 1.84. The van der Waals surface area contributed by atoms with E-state index in [4.69, 9.17) is 23.2 Å². The van der Waals surface area contributed by atoms with E-state index in [1.54, 1.807) is 12.1 Å². The van der Waals surface area contributed by atoms with Gasteiger partial charge in [0, 0.05) is 17.8 Å². The number of hydrogen-bond acceptors (Lipinski definition) is 5. The zero-order chi connectivity index (χ0) is 20.3. The highest BCUT2D eigenvalue weighted by Gasteiger charge is 2.36. The normalized spacial score (nSPS) is 16.6. The van der Waals surface area contributed by atoms with Gasteiger partial charge in [0.1, 0.15) is 17.6 Å². The van der Waals surface area contributed by atoms with Gasteiger partial charge in [-0.2, -0.15) is 18.2 Å². The number of nitrogens with one attached hydrogen (secondary N) is 2. The van der Waals surface area contributed by atoms with Crippen LogP contribution in [-0.4, -0.2) is 21.3 Å². The minimum atomic E-state index is -4.66. The zero-order valence-electron chi connectivity index (χ0n) is 14.7. The van der Waals surface area contributed by atoms with Crippen molar-refractivity contribution in [2.45, 2.75) is 44.5 Å². The predicted molar refractivity (Wildman–Crippen MR) is 103 cm³/mol. The summed E-state index contributed by atoms with van der Waals surface area (Å²) in [7, 11) is 0. The van der Waals surface area contributed by atoms with Crippen molar-refractivity contribution in [3.63, 3.8) is 0 Å². The van der Waals surface area contributed by atoms with E-state index in [0.717, 1.165) is 32.1 Å². The van der Waals surface area contributed by atoms with Crippen LogP contribution in [0.4, 0.5) is 30.6 Å². The van der Waals surface area contributed by atoms with Crippen LogP contribution in [0.2, 0.25) is 10.0 Å².